The molecule has 2 rings (SSSR count). The lowest BCUT2D eigenvalue weighted by Crippen LogP contribution is -2.33. The van der Waals surface area contributed by atoms with Gasteiger partial charge >= 0.3 is 0 Å². The summed E-state index contributed by atoms with van der Waals surface area (Å²) in [7, 11) is 0. The van der Waals surface area contributed by atoms with Crippen LogP contribution in [0.1, 0.15) is 36.5 Å². The maximum absolute atomic E-state index is 12.0. The van der Waals surface area contributed by atoms with Gasteiger partial charge in [0.15, 0.2) is 0 Å². The van der Waals surface area contributed by atoms with Crippen molar-refractivity contribution in [1.82, 2.24) is 5.32 Å². The Morgan fingerprint density at radius 2 is 2.12 bits per heavy atom. The van der Waals surface area contributed by atoms with Crippen LogP contribution in [-0.2, 0) is 0 Å². The molecule has 1 aliphatic rings. The molecule has 0 aromatic heterocycles. The van der Waals surface area contributed by atoms with Crippen molar-refractivity contribution < 1.29 is 4.79 Å². The van der Waals surface area contributed by atoms with Crippen molar-refractivity contribution in [1.29, 1.82) is 0 Å². The average molecular weight is 235 g/mol. The maximum Gasteiger partial charge on any atom is 0.252 e. The van der Waals surface area contributed by atoms with Crippen LogP contribution in [0.2, 0.25) is 0 Å². The summed E-state index contributed by atoms with van der Waals surface area (Å²) in [6.07, 6.45) is 3.41. The smallest absolute Gasteiger partial charge is 0.252 e. The molecule has 1 amide bonds. The van der Waals surface area contributed by atoms with Crippen molar-refractivity contribution in [2.75, 3.05) is 0 Å². The fraction of sp³-hybridized carbons (Fsp3) is 0.462. The van der Waals surface area contributed by atoms with Crippen molar-refractivity contribution in [3.8, 4) is 0 Å². The van der Waals surface area contributed by atoms with Crippen molar-refractivity contribution in [3.63, 3.8) is 0 Å². The summed E-state index contributed by atoms with van der Waals surface area (Å²) < 4.78 is 0. The third-order valence-electron chi connectivity index (χ3n) is 3.18. The molecule has 1 fully saturated rings. The van der Waals surface area contributed by atoms with Gasteiger partial charge < -0.3 is 5.32 Å². The third kappa shape index (κ3) is 2.59. The predicted molar refractivity (Wildman–Crippen MR) is 68.0 cm³/mol. The van der Waals surface area contributed by atoms with Gasteiger partial charge in [-0.05, 0) is 37.3 Å². The standard InChI is InChI=1S/C13H17NOS/c1-9-6-7-10(8-9)14-13(15)11-4-2-3-5-12(11)16/h2-5,9-10,16H,6-8H2,1H3,(H,14,15). The van der Waals surface area contributed by atoms with E-state index in [1.807, 2.05) is 24.3 Å². The van der Waals surface area contributed by atoms with Crippen LogP contribution in [0.4, 0.5) is 0 Å². The van der Waals surface area contributed by atoms with E-state index in [-0.39, 0.29) is 5.91 Å². The summed E-state index contributed by atoms with van der Waals surface area (Å²) in [6.45, 7) is 2.23. The molecule has 0 radical (unpaired) electrons. The van der Waals surface area contributed by atoms with Crippen LogP contribution in [-0.4, -0.2) is 11.9 Å². The topological polar surface area (TPSA) is 29.1 Å². The summed E-state index contributed by atoms with van der Waals surface area (Å²) in [4.78, 5) is 12.7. The third-order valence-corrected chi connectivity index (χ3v) is 3.57. The van der Waals surface area contributed by atoms with Crippen LogP contribution in [0, 0.1) is 5.92 Å². The second-order valence-corrected chi connectivity index (χ2v) is 5.09. The number of nitrogens with one attached hydrogen (secondary N) is 1. The first-order valence-corrected chi connectivity index (χ1v) is 6.20. The van der Waals surface area contributed by atoms with Gasteiger partial charge in [0, 0.05) is 10.9 Å². The Kier molecular flexibility index (Phi) is 3.54. The fourth-order valence-electron chi connectivity index (χ4n) is 2.27. The molecule has 1 aliphatic carbocycles. The van der Waals surface area contributed by atoms with Crippen LogP contribution in [0.5, 0.6) is 0 Å². The molecule has 0 saturated heterocycles. The Bertz CT molecular complexity index is 391. The molecule has 2 nitrogen and oxygen atoms in total. The molecule has 1 aromatic rings. The van der Waals surface area contributed by atoms with Crippen LogP contribution in [0.3, 0.4) is 0 Å². The molecule has 1 N–H and O–H groups in total. The van der Waals surface area contributed by atoms with E-state index in [9.17, 15) is 4.79 Å². The van der Waals surface area contributed by atoms with E-state index in [0.717, 1.165) is 23.7 Å². The number of amides is 1. The molecule has 3 heteroatoms. The van der Waals surface area contributed by atoms with Gasteiger partial charge in [0.25, 0.3) is 5.91 Å². The summed E-state index contributed by atoms with van der Waals surface area (Å²) in [5, 5.41) is 3.08. The lowest BCUT2D eigenvalue weighted by Gasteiger charge is -2.13. The molecule has 0 aliphatic heterocycles. The number of hydrogen-bond acceptors (Lipinski definition) is 2. The highest BCUT2D eigenvalue weighted by Crippen LogP contribution is 2.25. The predicted octanol–water partition coefficient (Wildman–Crippen LogP) is 2.89. The number of hydrogen-bond donors (Lipinski definition) is 2. The monoisotopic (exact) mass is 235 g/mol. The number of carbonyl (C=O) groups excluding carboxylic acids is 1. The minimum atomic E-state index is 0.00435. The molecule has 2 unspecified atom stereocenters. The van der Waals surface area contributed by atoms with Gasteiger partial charge in [-0.3, -0.25) is 4.79 Å². The largest absolute Gasteiger partial charge is 0.349 e. The van der Waals surface area contributed by atoms with Crippen molar-refractivity contribution in [3.05, 3.63) is 29.8 Å². The second kappa shape index (κ2) is 4.91. The quantitative estimate of drug-likeness (QED) is 0.758. The van der Waals surface area contributed by atoms with Crippen LogP contribution >= 0.6 is 12.6 Å². The molecular formula is C13H17NOS. The Labute approximate surface area is 102 Å². The van der Waals surface area contributed by atoms with Gasteiger partial charge in [0.1, 0.15) is 0 Å². The van der Waals surface area contributed by atoms with E-state index in [2.05, 4.69) is 24.9 Å². The summed E-state index contributed by atoms with van der Waals surface area (Å²) in [5.74, 6) is 0.737. The van der Waals surface area contributed by atoms with Gasteiger partial charge in [-0.15, -0.1) is 12.6 Å². The molecule has 0 spiro atoms. The van der Waals surface area contributed by atoms with Crippen molar-refractivity contribution in [2.45, 2.75) is 37.1 Å². The number of thiol groups is 1. The summed E-state index contributed by atoms with van der Waals surface area (Å²) in [5.41, 5.74) is 0.672. The summed E-state index contributed by atoms with van der Waals surface area (Å²) in [6, 6.07) is 7.75. The van der Waals surface area contributed by atoms with E-state index in [0.29, 0.717) is 11.6 Å². The van der Waals surface area contributed by atoms with Crippen molar-refractivity contribution >= 4 is 18.5 Å². The molecule has 0 heterocycles. The Hall–Kier alpha value is -0.960. The van der Waals surface area contributed by atoms with E-state index < -0.39 is 0 Å². The molecule has 16 heavy (non-hydrogen) atoms. The molecule has 0 bridgehead atoms. The highest BCUT2D eigenvalue weighted by Gasteiger charge is 2.23. The van der Waals surface area contributed by atoms with E-state index in [1.54, 1.807) is 0 Å². The zero-order valence-corrected chi connectivity index (χ0v) is 10.3. The van der Waals surface area contributed by atoms with E-state index in [4.69, 9.17) is 0 Å². The van der Waals surface area contributed by atoms with Gasteiger partial charge in [-0.25, -0.2) is 0 Å². The number of carbonyl (C=O) groups is 1. The molecule has 1 saturated carbocycles. The van der Waals surface area contributed by atoms with Gasteiger partial charge in [-0.2, -0.15) is 0 Å². The molecule has 1 aromatic carbocycles. The minimum Gasteiger partial charge on any atom is -0.349 e. The lowest BCUT2D eigenvalue weighted by atomic mass is 10.1. The van der Waals surface area contributed by atoms with Crippen molar-refractivity contribution in [2.24, 2.45) is 5.92 Å². The fourth-order valence-corrected chi connectivity index (χ4v) is 2.53. The van der Waals surface area contributed by atoms with Gasteiger partial charge in [-0.1, -0.05) is 19.1 Å². The van der Waals surface area contributed by atoms with Crippen LogP contribution in [0.25, 0.3) is 0 Å². The first-order valence-electron chi connectivity index (χ1n) is 5.75. The summed E-state index contributed by atoms with van der Waals surface area (Å²) >= 11 is 4.29. The first kappa shape index (κ1) is 11.5. The molecule has 2 atom stereocenters. The number of benzene rings is 1. The number of rotatable bonds is 2. The SMILES string of the molecule is CC1CCC(NC(=O)c2ccccc2S)C1. The molecular weight excluding hydrogens is 218 g/mol. The Balaban J connectivity index is 2.01. The zero-order valence-electron chi connectivity index (χ0n) is 9.44. The Morgan fingerprint density at radius 1 is 1.38 bits per heavy atom. The van der Waals surface area contributed by atoms with Gasteiger partial charge in [0.2, 0.25) is 0 Å². The highest BCUT2D eigenvalue weighted by atomic mass is 32.1. The second-order valence-electron chi connectivity index (χ2n) is 4.61. The molecule has 86 valence electrons. The normalized spacial score (nSPS) is 24.4. The van der Waals surface area contributed by atoms with E-state index in [1.165, 1.54) is 6.42 Å². The maximum atomic E-state index is 12.0. The Morgan fingerprint density at radius 3 is 2.75 bits per heavy atom. The van der Waals surface area contributed by atoms with Crippen LogP contribution in [0.15, 0.2) is 29.2 Å². The highest BCUT2D eigenvalue weighted by molar-refractivity contribution is 7.80. The average Bonchev–Trinajstić information content (AvgIpc) is 2.64. The van der Waals surface area contributed by atoms with E-state index >= 15 is 0 Å². The lowest BCUT2D eigenvalue weighted by molar-refractivity contribution is 0.0934. The van der Waals surface area contributed by atoms with Gasteiger partial charge in [0.05, 0.1) is 5.56 Å². The van der Waals surface area contributed by atoms with Crippen LogP contribution < -0.4 is 5.32 Å². The zero-order chi connectivity index (χ0) is 11.5. The minimum absolute atomic E-state index is 0.00435. The first-order chi connectivity index (χ1) is 7.66.